The molecule has 0 fully saturated rings. The molecule has 0 bridgehead atoms. The Morgan fingerprint density at radius 2 is 1.39 bits per heavy atom. The molecule has 0 aliphatic carbocycles. The van der Waals surface area contributed by atoms with Gasteiger partial charge in [-0.15, -0.1) is 6.58 Å². The van der Waals surface area contributed by atoms with Gasteiger partial charge in [0.05, 0.1) is 12.7 Å². The van der Waals surface area contributed by atoms with Crippen LogP contribution in [-0.2, 0) is 9.47 Å². The summed E-state index contributed by atoms with van der Waals surface area (Å²) in [6.45, 7) is 32.9. The molecule has 0 aliphatic rings. The quantitative estimate of drug-likeness (QED) is 0.132. The molecule has 2 nitrogen and oxygen atoms in total. The van der Waals surface area contributed by atoms with Crippen LogP contribution < -0.4 is 0 Å². The number of allylic oxidation sites excluding steroid dienone is 9. The normalized spacial score (nSPS) is 14.0. The average molecular weight is 459 g/mol. The Hall–Kier alpha value is -3.31. The predicted molar refractivity (Wildman–Crippen MR) is 133 cm³/mol. The van der Waals surface area contributed by atoms with Gasteiger partial charge < -0.3 is 9.47 Å². The molecule has 0 amide bonds. The molecule has 0 aliphatic heterocycles. The van der Waals surface area contributed by atoms with Crippen LogP contribution >= 0.6 is 0 Å². The summed E-state index contributed by atoms with van der Waals surface area (Å²) in [5, 5.41) is 0. The molecule has 2 atom stereocenters. The van der Waals surface area contributed by atoms with Gasteiger partial charge in [-0.25, -0.2) is 8.78 Å². The lowest BCUT2D eigenvalue weighted by Crippen LogP contribution is -2.14. The molecular weight excluding hydrogens is 425 g/mol. The van der Waals surface area contributed by atoms with Crippen LogP contribution in [0.5, 0.6) is 0 Å². The summed E-state index contributed by atoms with van der Waals surface area (Å²) in [4.78, 5) is 0. The number of hydrogen-bond donors (Lipinski definition) is 0. The summed E-state index contributed by atoms with van der Waals surface area (Å²) < 4.78 is 53.4. The molecule has 0 aromatic rings. The molecule has 0 saturated carbocycles. The fraction of sp³-hybridized carbons (Fsp3) is 0.214. The van der Waals surface area contributed by atoms with E-state index in [1.807, 2.05) is 6.92 Å². The Balaban J connectivity index is 5.16. The molecule has 0 rings (SSSR count). The largest absolute Gasteiger partial charge is 0.487 e. The Labute approximate surface area is 196 Å². The van der Waals surface area contributed by atoms with Crippen molar-refractivity contribution in [2.24, 2.45) is 5.92 Å². The van der Waals surface area contributed by atoms with Crippen LogP contribution in [0.15, 0.2) is 134 Å². The predicted octanol–water partition coefficient (Wildman–Crippen LogP) is 8.27. The first-order valence-electron chi connectivity index (χ1n) is 10.1. The van der Waals surface area contributed by atoms with E-state index in [-0.39, 0.29) is 34.8 Å². The van der Waals surface area contributed by atoms with Crippen molar-refractivity contribution in [1.29, 1.82) is 0 Å². The summed E-state index contributed by atoms with van der Waals surface area (Å²) in [5.74, 6) is -3.56. The van der Waals surface area contributed by atoms with Crippen molar-refractivity contribution >= 4 is 0 Å². The standard InChI is InChI=1S/C28H33F3O2/c1-11-15-32-25(10)28(31)27(30)23(8)20(5)14-13-19(4)22(7)26(29)16-21(6)24(9)33-17-18(3)12-2/h11-14,16,18,24H,1-2,4-8,10,15,17H2,3,9H3/b14-13-,26-16+,28-27-. The fourth-order valence-corrected chi connectivity index (χ4v) is 2.01. The minimum Gasteiger partial charge on any atom is -0.487 e. The molecular formula is C28H33F3O2. The first-order valence-corrected chi connectivity index (χ1v) is 10.1. The highest BCUT2D eigenvalue weighted by molar-refractivity contribution is 5.53. The highest BCUT2D eigenvalue weighted by atomic mass is 19.2. The molecule has 178 valence electrons. The van der Waals surface area contributed by atoms with Gasteiger partial charge in [0.15, 0.2) is 11.6 Å². The lowest BCUT2D eigenvalue weighted by molar-refractivity contribution is 0.0774. The topological polar surface area (TPSA) is 18.5 Å². The fourth-order valence-electron chi connectivity index (χ4n) is 2.01. The summed E-state index contributed by atoms with van der Waals surface area (Å²) >= 11 is 0. The summed E-state index contributed by atoms with van der Waals surface area (Å²) in [6.07, 6.45) is 6.62. The third-order valence-electron chi connectivity index (χ3n) is 4.47. The van der Waals surface area contributed by atoms with Crippen LogP contribution in [0.3, 0.4) is 0 Å². The Morgan fingerprint density at radius 1 is 0.848 bits per heavy atom. The van der Waals surface area contributed by atoms with Crippen LogP contribution in [0.4, 0.5) is 13.2 Å². The van der Waals surface area contributed by atoms with Crippen LogP contribution in [0.2, 0.25) is 0 Å². The zero-order chi connectivity index (χ0) is 25.7. The zero-order valence-corrected chi connectivity index (χ0v) is 19.6. The number of ether oxygens (including phenoxy) is 2. The average Bonchev–Trinajstić information content (AvgIpc) is 2.81. The molecule has 0 N–H and O–H groups in total. The minimum atomic E-state index is -1.30. The van der Waals surface area contributed by atoms with Gasteiger partial charge in [-0.3, -0.25) is 0 Å². The van der Waals surface area contributed by atoms with Crippen LogP contribution in [0.25, 0.3) is 0 Å². The second-order valence-corrected chi connectivity index (χ2v) is 7.25. The van der Waals surface area contributed by atoms with E-state index in [1.54, 1.807) is 13.0 Å². The van der Waals surface area contributed by atoms with E-state index in [1.165, 1.54) is 24.3 Å². The first-order chi connectivity index (χ1) is 15.4. The van der Waals surface area contributed by atoms with Crippen molar-refractivity contribution in [1.82, 2.24) is 0 Å². The van der Waals surface area contributed by atoms with E-state index < -0.39 is 29.3 Å². The SMILES string of the molecule is C=CCOC(=C)/C(F)=C(/F)C(=C)C(=C)/C=C\C(=C)C(=C)/C(F)=C\C(=C)C(C)OCC(C)C=C. The van der Waals surface area contributed by atoms with Crippen molar-refractivity contribution in [3.8, 4) is 0 Å². The lowest BCUT2D eigenvalue weighted by atomic mass is 10.0. The van der Waals surface area contributed by atoms with Gasteiger partial charge in [0, 0.05) is 11.1 Å². The summed E-state index contributed by atoms with van der Waals surface area (Å²) in [5.41, 5.74) is 0.324. The van der Waals surface area contributed by atoms with E-state index in [2.05, 4.69) is 52.6 Å². The molecule has 0 aromatic carbocycles. The van der Waals surface area contributed by atoms with Gasteiger partial charge in [-0.1, -0.05) is 77.3 Å². The molecule has 5 heteroatoms. The smallest absolute Gasteiger partial charge is 0.200 e. The Bertz CT molecular complexity index is 929. The molecule has 0 spiro atoms. The highest BCUT2D eigenvalue weighted by Gasteiger charge is 2.16. The van der Waals surface area contributed by atoms with E-state index in [0.29, 0.717) is 12.2 Å². The molecule has 0 heterocycles. The van der Waals surface area contributed by atoms with Crippen molar-refractivity contribution in [2.45, 2.75) is 20.0 Å². The van der Waals surface area contributed by atoms with Crippen molar-refractivity contribution in [2.75, 3.05) is 13.2 Å². The van der Waals surface area contributed by atoms with Crippen LogP contribution in [0, 0.1) is 5.92 Å². The van der Waals surface area contributed by atoms with Crippen LogP contribution in [0.1, 0.15) is 13.8 Å². The van der Waals surface area contributed by atoms with Gasteiger partial charge in [0.25, 0.3) is 0 Å². The van der Waals surface area contributed by atoms with Crippen molar-refractivity contribution in [3.63, 3.8) is 0 Å². The third kappa shape index (κ3) is 10.2. The first kappa shape index (κ1) is 29.7. The lowest BCUT2D eigenvalue weighted by Gasteiger charge is -2.16. The minimum absolute atomic E-state index is 0.00845. The molecule has 0 aromatic heterocycles. The van der Waals surface area contributed by atoms with Crippen LogP contribution in [-0.4, -0.2) is 19.3 Å². The maximum Gasteiger partial charge on any atom is 0.200 e. The summed E-state index contributed by atoms with van der Waals surface area (Å²) in [7, 11) is 0. The van der Waals surface area contributed by atoms with Gasteiger partial charge in [0.1, 0.15) is 12.4 Å². The maximum absolute atomic E-state index is 14.6. The molecule has 33 heavy (non-hydrogen) atoms. The summed E-state index contributed by atoms with van der Waals surface area (Å²) in [6, 6.07) is 0. The number of hydrogen-bond acceptors (Lipinski definition) is 2. The number of halogens is 3. The highest BCUT2D eigenvalue weighted by Crippen LogP contribution is 2.28. The van der Waals surface area contributed by atoms with E-state index in [0.717, 1.165) is 0 Å². The van der Waals surface area contributed by atoms with Gasteiger partial charge >= 0.3 is 0 Å². The molecule has 0 saturated heterocycles. The monoisotopic (exact) mass is 458 g/mol. The van der Waals surface area contributed by atoms with Gasteiger partial charge in [-0.2, -0.15) is 4.39 Å². The van der Waals surface area contributed by atoms with E-state index >= 15 is 0 Å². The second kappa shape index (κ2) is 14.7. The van der Waals surface area contributed by atoms with Gasteiger partial charge in [-0.05, 0) is 35.6 Å². The molecule has 0 radical (unpaired) electrons. The van der Waals surface area contributed by atoms with Gasteiger partial charge in [0.2, 0.25) is 5.83 Å². The van der Waals surface area contributed by atoms with Crippen molar-refractivity contribution in [3.05, 3.63) is 134 Å². The third-order valence-corrected chi connectivity index (χ3v) is 4.47. The number of rotatable bonds is 16. The maximum atomic E-state index is 14.6. The van der Waals surface area contributed by atoms with E-state index in [9.17, 15) is 13.2 Å². The zero-order valence-electron chi connectivity index (χ0n) is 19.6. The Morgan fingerprint density at radius 3 is 1.91 bits per heavy atom. The van der Waals surface area contributed by atoms with E-state index in [4.69, 9.17) is 9.47 Å². The Kier molecular flexibility index (Phi) is 13.2. The second-order valence-electron chi connectivity index (χ2n) is 7.25. The molecule has 2 unspecified atom stereocenters. The van der Waals surface area contributed by atoms with Crippen molar-refractivity contribution < 1.29 is 22.6 Å².